The lowest BCUT2D eigenvalue weighted by molar-refractivity contribution is 0.0247. The van der Waals surface area contributed by atoms with Crippen LogP contribution in [0.15, 0.2) is 18.2 Å². The van der Waals surface area contributed by atoms with Crippen molar-refractivity contribution in [2.24, 2.45) is 0 Å². The maximum atomic E-state index is 5.70. The van der Waals surface area contributed by atoms with Gasteiger partial charge in [0.05, 0.1) is 18.9 Å². The van der Waals surface area contributed by atoms with Crippen LogP contribution in [0.1, 0.15) is 24.8 Å². The van der Waals surface area contributed by atoms with Crippen molar-refractivity contribution in [1.29, 1.82) is 0 Å². The summed E-state index contributed by atoms with van der Waals surface area (Å²) in [4.78, 5) is 0. The summed E-state index contributed by atoms with van der Waals surface area (Å²) in [6.07, 6.45) is 3.97. The summed E-state index contributed by atoms with van der Waals surface area (Å²) in [6.45, 7) is 3.85. The van der Waals surface area contributed by atoms with Crippen LogP contribution >= 0.6 is 0 Å². The summed E-state index contributed by atoms with van der Waals surface area (Å²) in [5.74, 6) is 0.895. The van der Waals surface area contributed by atoms with E-state index in [-0.39, 0.29) is 0 Å². The Morgan fingerprint density at radius 2 is 2.29 bits per heavy atom. The first-order valence-electron chi connectivity index (χ1n) is 6.29. The van der Waals surface area contributed by atoms with E-state index in [9.17, 15) is 0 Å². The van der Waals surface area contributed by atoms with E-state index in [1.54, 1.807) is 7.11 Å². The second kappa shape index (κ2) is 5.92. The van der Waals surface area contributed by atoms with Gasteiger partial charge < -0.3 is 14.8 Å². The number of benzene rings is 1. The van der Waals surface area contributed by atoms with Crippen LogP contribution < -0.4 is 10.1 Å². The van der Waals surface area contributed by atoms with Crippen LogP contribution in [0.25, 0.3) is 0 Å². The number of hydrogen-bond donors (Lipinski definition) is 1. The van der Waals surface area contributed by atoms with Gasteiger partial charge in [0, 0.05) is 13.2 Å². The molecule has 0 bridgehead atoms. The molecule has 0 spiro atoms. The molecule has 1 aliphatic rings. The molecule has 1 N–H and O–H groups in total. The molecule has 94 valence electrons. The molecule has 3 heteroatoms. The largest absolute Gasteiger partial charge is 0.495 e. The maximum absolute atomic E-state index is 5.70. The molecule has 1 heterocycles. The third-order valence-electron chi connectivity index (χ3n) is 3.15. The molecule has 3 nitrogen and oxygen atoms in total. The van der Waals surface area contributed by atoms with E-state index < -0.39 is 0 Å². The Hall–Kier alpha value is -1.22. The third kappa shape index (κ3) is 3.37. The molecular formula is C14H21NO2. The van der Waals surface area contributed by atoms with Crippen molar-refractivity contribution in [2.75, 3.05) is 25.6 Å². The van der Waals surface area contributed by atoms with Gasteiger partial charge in [-0.1, -0.05) is 6.07 Å². The van der Waals surface area contributed by atoms with Gasteiger partial charge in [0.2, 0.25) is 0 Å². The third-order valence-corrected chi connectivity index (χ3v) is 3.15. The number of ether oxygens (including phenoxy) is 2. The normalized spacial score (nSPS) is 20.0. The van der Waals surface area contributed by atoms with E-state index in [4.69, 9.17) is 9.47 Å². The van der Waals surface area contributed by atoms with Gasteiger partial charge in [0.25, 0.3) is 0 Å². The molecule has 1 atom stereocenters. The van der Waals surface area contributed by atoms with Gasteiger partial charge >= 0.3 is 0 Å². The molecule has 2 rings (SSSR count). The monoisotopic (exact) mass is 235 g/mol. The molecule has 1 fully saturated rings. The van der Waals surface area contributed by atoms with E-state index in [0.29, 0.717) is 6.10 Å². The Kier molecular flexibility index (Phi) is 4.26. The molecule has 1 aromatic rings. The quantitative estimate of drug-likeness (QED) is 0.870. The lowest BCUT2D eigenvalue weighted by atomic mass is 10.1. The molecule has 0 aliphatic carbocycles. The van der Waals surface area contributed by atoms with Crippen molar-refractivity contribution in [3.05, 3.63) is 23.8 Å². The van der Waals surface area contributed by atoms with E-state index >= 15 is 0 Å². The van der Waals surface area contributed by atoms with Gasteiger partial charge in [-0.3, -0.25) is 0 Å². The second-order valence-electron chi connectivity index (χ2n) is 4.57. The molecule has 0 aromatic heterocycles. The topological polar surface area (TPSA) is 30.5 Å². The summed E-state index contributed by atoms with van der Waals surface area (Å²) in [7, 11) is 1.70. The molecule has 0 radical (unpaired) electrons. The molecule has 0 amide bonds. The fraction of sp³-hybridized carbons (Fsp3) is 0.571. The summed E-state index contributed by atoms with van der Waals surface area (Å²) < 4.78 is 11.0. The van der Waals surface area contributed by atoms with Crippen molar-refractivity contribution in [2.45, 2.75) is 32.3 Å². The number of rotatable bonds is 4. The average Bonchev–Trinajstić information content (AvgIpc) is 2.38. The Labute approximate surface area is 103 Å². The molecule has 0 saturated carbocycles. The highest BCUT2D eigenvalue weighted by atomic mass is 16.5. The van der Waals surface area contributed by atoms with Crippen molar-refractivity contribution in [3.63, 3.8) is 0 Å². The number of methoxy groups -OCH3 is 1. The van der Waals surface area contributed by atoms with Crippen molar-refractivity contribution in [1.82, 2.24) is 0 Å². The first-order chi connectivity index (χ1) is 8.29. The first-order valence-corrected chi connectivity index (χ1v) is 6.29. The maximum Gasteiger partial charge on any atom is 0.141 e. The van der Waals surface area contributed by atoms with Crippen molar-refractivity contribution in [3.8, 4) is 5.75 Å². The second-order valence-corrected chi connectivity index (χ2v) is 4.57. The van der Waals surface area contributed by atoms with Gasteiger partial charge in [-0.05, 0) is 43.9 Å². The minimum atomic E-state index is 0.342. The predicted octanol–water partition coefficient (Wildman–Crippen LogP) is 2.98. The van der Waals surface area contributed by atoms with Crippen LogP contribution in [0, 0.1) is 6.92 Å². The number of aryl methyl sites for hydroxylation is 1. The average molecular weight is 235 g/mol. The minimum absolute atomic E-state index is 0.342. The fourth-order valence-corrected chi connectivity index (χ4v) is 2.15. The summed E-state index contributed by atoms with van der Waals surface area (Å²) >= 11 is 0. The van der Waals surface area contributed by atoms with E-state index in [0.717, 1.165) is 31.0 Å². The van der Waals surface area contributed by atoms with Crippen LogP contribution in [0.2, 0.25) is 0 Å². The highest BCUT2D eigenvalue weighted by Gasteiger charge is 2.14. The van der Waals surface area contributed by atoms with Crippen molar-refractivity contribution < 1.29 is 9.47 Å². The highest BCUT2D eigenvalue weighted by molar-refractivity contribution is 5.58. The van der Waals surface area contributed by atoms with Crippen LogP contribution in [0.3, 0.4) is 0 Å². The molecular weight excluding hydrogens is 214 g/mol. The van der Waals surface area contributed by atoms with Gasteiger partial charge in [0.15, 0.2) is 0 Å². The molecule has 1 saturated heterocycles. The zero-order valence-corrected chi connectivity index (χ0v) is 10.7. The molecule has 17 heavy (non-hydrogen) atoms. The van der Waals surface area contributed by atoms with Crippen LogP contribution in [-0.4, -0.2) is 26.4 Å². The predicted molar refractivity (Wildman–Crippen MR) is 69.8 cm³/mol. The zero-order valence-electron chi connectivity index (χ0n) is 10.7. The first kappa shape index (κ1) is 12.2. The van der Waals surface area contributed by atoms with E-state index in [1.807, 2.05) is 6.07 Å². The lowest BCUT2D eigenvalue weighted by Crippen LogP contribution is -2.27. The molecule has 1 aliphatic heterocycles. The van der Waals surface area contributed by atoms with Crippen LogP contribution in [0.4, 0.5) is 5.69 Å². The highest BCUT2D eigenvalue weighted by Crippen LogP contribution is 2.25. The Balaban J connectivity index is 1.95. The fourth-order valence-electron chi connectivity index (χ4n) is 2.15. The zero-order chi connectivity index (χ0) is 12.1. The standard InChI is InChI=1S/C14H21NO2/c1-11-6-7-14(16-2)13(9-11)15-10-12-5-3-4-8-17-12/h6-7,9,12,15H,3-5,8,10H2,1-2H3. The van der Waals surface area contributed by atoms with Crippen LogP contribution in [0.5, 0.6) is 5.75 Å². The lowest BCUT2D eigenvalue weighted by Gasteiger charge is -2.23. The minimum Gasteiger partial charge on any atom is -0.495 e. The Bertz CT molecular complexity index is 359. The Morgan fingerprint density at radius 3 is 3.00 bits per heavy atom. The summed E-state index contributed by atoms with van der Waals surface area (Å²) in [6, 6.07) is 6.17. The SMILES string of the molecule is COc1ccc(C)cc1NCC1CCCCO1. The van der Waals surface area contributed by atoms with Gasteiger partial charge in [0.1, 0.15) is 5.75 Å². The van der Waals surface area contributed by atoms with E-state index in [2.05, 4.69) is 24.4 Å². The van der Waals surface area contributed by atoms with Crippen molar-refractivity contribution >= 4 is 5.69 Å². The smallest absolute Gasteiger partial charge is 0.141 e. The number of hydrogen-bond acceptors (Lipinski definition) is 3. The van der Waals surface area contributed by atoms with Gasteiger partial charge in [-0.2, -0.15) is 0 Å². The van der Waals surface area contributed by atoms with E-state index in [1.165, 1.54) is 18.4 Å². The summed E-state index contributed by atoms with van der Waals surface area (Å²) in [5, 5.41) is 3.42. The Morgan fingerprint density at radius 1 is 1.41 bits per heavy atom. The molecule has 1 unspecified atom stereocenters. The van der Waals surface area contributed by atoms with Gasteiger partial charge in [-0.15, -0.1) is 0 Å². The van der Waals surface area contributed by atoms with Crippen LogP contribution in [-0.2, 0) is 4.74 Å². The number of nitrogens with one attached hydrogen (secondary N) is 1. The number of anilines is 1. The molecule has 1 aromatic carbocycles. The summed E-state index contributed by atoms with van der Waals surface area (Å²) in [5.41, 5.74) is 2.29. The van der Waals surface area contributed by atoms with Gasteiger partial charge in [-0.25, -0.2) is 0 Å².